The Bertz CT molecular complexity index is 903. The number of anilines is 2. The average molecular weight is 417 g/mol. The third-order valence-corrected chi connectivity index (χ3v) is 3.45. The van der Waals surface area contributed by atoms with Crippen LogP contribution in [0.1, 0.15) is 12.5 Å². The first kappa shape index (κ1) is 21.9. The molecule has 3 N–H and O–H groups in total. The summed E-state index contributed by atoms with van der Waals surface area (Å²) in [5, 5.41) is 6.50. The lowest BCUT2D eigenvalue weighted by Crippen LogP contribution is -2.32. The van der Waals surface area contributed by atoms with Gasteiger partial charge < -0.3 is 20.7 Å². The van der Waals surface area contributed by atoms with Gasteiger partial charge in [-0.1, -0.05) is 12.1 Å². The van der Waals surface area contributed by atoms with Crippen LogP contribution in [-0.2, 0) is 11.0 Å². The molecule has 11 heteroatoms. The minimum absolute atomic E-state index is 0.195. The van der Waals surface area contributed by atoms with E-state index in [9.17, 15) is 31.5 Å². The Labute approximate surface area is 162 Å². The van der Waals surface area contributed by atoms with Crippen LogP contribution < -0.4 is 20.7 Å². The van der Waals surface area contributed by atoms with Crippen LogP contribution in [0.2, 0.25) is 0 Å². The highest BCUT2D eigenvalue weighted by Crippen LogP contribution is 2.35. The minimum Gasteiger partial charge on any atom is -0.491 e. The number of para-hydroxylation sites is 1. The van der Waals surface area contributed by atoms with Crippen LogP contribution in [0.4, 0.5) is 38.1 Å². The first-order valence-corrected chi connectivity index (χ1v) is 8.18. The lowest BCUT2D eigenvalue weighted by atomic mass is 10.2. The van der Waals surface area contributed by atoms with Gasteiger partial charge in [0.2, 0.25) is 5.91 Å². The lowest BCUT2D eigenvalue weighted by Gasteiger charge is -2.14. The zero-order valence-electron chi connectivity index (χ0n) is 15.0. The Kier molecular flexibility index (Phi) is 6.97. The Morgan fingerprint density at radius 3 is 2.24 bits per heavy atom. The smallest absolute Gasteiger partial charge is 0.419 e. The summed E-state index contributed by atoms with van der Waals surface area (Å²) in [6.45, 7) is 0.641. The summed E-state index contributed by atoms with van der Waals surface area (Å²) in [6, 6.07) is 5.05. The first-order valence-electron chi connectivity index (χ1n) is 8.18. The molecule has 0 spiro atoms. The van der Waals surface area contributed by atoms with Crippen molar-refractivity contribution in [3.63, 3.8) is 0 Å². The Morgan fingerprint density at radius 1 is 1.00 bits per heavy atom. The standard InChI is InChI=1S/C18H16F5N3O3/c1-10(27)25-14-9-15(13(20)8-12(14)19)26-17(28)24-6-7-29-16-5-3-2-4-11(16)18(21,22)23/h2-5,8-9H,6-7H2,1H3,(H,25,27)(H2,24,26,28). The van der Waals surface area contributed by atoms with Gasteiger partial charge in [-0.05, 0) is 18.2 Å². The summed E-state index contributed by atoms with van der Waals surface area (Å²) < 4.78 is 70.9. The molecular formula is C18H16F5N3O3. The molecule has 0 atom stereocenters. The molecule has 0 heterocycles. The van der Waals surface area contributed by atoms with E-state index in [4.69, 9.17) is 4.74 Å². The number of carbonyl (C=O) groups excluding carboxylic acids is 2. The predicted octanol–water partition coefficient (Wildman–Crippen LogP) is 4.14. The van der Waals surface area contributed by atoms with Gasteiger partial charge in [0, 0.05) is 13.0 Å². The molecule has 6 nitrogen and oxygen atoms in total. The summed E-state index contributed by atoms with van der Waals surface area (Å²) in [5.41, 5.74) is -1.69. The van der Waals surface area contributed by atoms with E-state index in [1.807, 2.05) is 0 Å². The van der Waals surface area contributed by atoms with Crippen molar-refractivity contribution in [2.24, 2.45) is 0 Å². The third-order valence-electron chi connectivity index (χ3n) is 3.45. The molecule has 0 unspecified atom stereocenters. The maximum Gasteiger partial charge on any atom is 0.419 e. The summed E-state index contributed by atoms with van der Waals surface area (Å²) >= 11 is 0. The second kappa shape index (κ2) is 9.22. The quantitative estimate of drug-likeness (QED) is 0.488. The van der Waals surface area contributed by atoms with Crippen molar-refractivity contribution in [1.29, 1.82) is 0 Å². The second-order valence-electron chi connectivity index (χ2n) is 5.72. The molecule has 0 aliphatic heterocycles. The molecular weight excluding hydrogens is 401 g/mol. The van der Waals surface area contributed by atoms with Crippen LogP contribution in [-0.4, -0.2) is 25.1 Å². The van der Waals surface area contributed by atoms with Crippen molar-refractivity contribution in [2.75, 3.05) is 23.8 Å². The summed E-state index contributed by atoms with van der Waals surface area (Å²) in [5.74, 6) is -3.10. The number of carbonyl (C=O) groups is 2. The Balaban J connectivity index is 1.91. The second-order valence-corrected chi connectivity index (χ2v) is 5.72. The Morgan fingerprint density at radius 2 is 1.62 bits per heavy atom. The van der Waals surface area contributed by atoms with E-state index in [2.05, 4.69) is 16.0 Å². The number of rotatable bonds is 6. The van der Waals surface area contributed by atoms with Crippen molar-refractivity contribution in [3.05, 3.63) is 53.6 Å². The molecule has 3 amide bonds. The maximum absolute atomic E-state index is 13.8. The van der Waals surface area contributed by atoms with Crippen LogP contribution in [0.5, 0.6) is 5.75 Å². The van der Waals surface area contributed by atoms with Gasteiger partial charge in [-0.2, -0.15) is 13.2 Å². The summed E-state index contributed by atoms with van der Waals surface area (Å²) in [4.78, 5) is 22.8. The molecule has 156 valence electrons. The van der Waals surface area contributed by atoms with E-state index >= 15 is 0 Å². The molecule has 0 bridgehead atoms. The van der Waals surface area contributed by atoms with Crippen molar-refractivity contribution in [1.82, 2.24) is 5.32 Å². The van der Waals surface area contributed by atoms with Crippen molar-refractivity contribution < 1.29 is 36.3 Å². The highest BCUT2D eigenvalue weighted by molar-refractivity contribution is 5.92. The van der Waals surface area contributed by atoms with Crippen molar-refractivity contribution >= 4 is 23.3 Å². The maximum atomic E-state index is 13.8. The van der Waals surface area contributed by atoms with E-state index < -0.39 is 46.7 Å². The summed E-state index contributed by atoms with van der Waals surface area (Å²) in [6.07, 6.45) is -4.59. The zero-order valence-corrected chi connectivity index (χ0v) is 15.0. The van der Waals surface area contributed by atoms with Gasteiger partial charge in [0.25, 0.3) is 0 Å². The molecule has 2 rings (SSSR count). The molecule has 2 aromatic rings. The van der Waals surface area contributed by atoms with Gasteiger partial charge in [0.05, 0.1) is 23.5 Å². The lowest BCUT2D eigenvalue weighted by molar-refractivity contribution is -0.139. The van der Waals surface area contributed by atoms with Crippen LogP contribution in [0.25, 0.3) is 0 Å². The number of ether oxygens (including phenoxy) is 1. The molecule has 0 aromatic heterocycles. The minimum atomic E-state index is -4.59. The number of urea groups is 1. The predicted molar refractivity (Wildman–Crippen MR) is 94.6 cm³/mol. The first-order chi connectivity index (χ1) is 13.6. The fourth-order valence-electron chi connectivity index (χ4n) is 2.25. The fourth-order valence-corrected chi connectivity index (χ4v) is 2.25. The molecule has 0 aliphatic rings. The highest BCUT2D eigenvalue weighted by Gasteiger charge is 2.33. The molecule has 2 aromatic carbocycles. The number of hydrogen-bond donors (Lipinski definition) is 3. The van der Waals surface area contributed by atoms with E-state index in [1.54, 1.807) is 0 Å². The number of hydrogen-bond acceptors (Lipinski definition) is 3. The monoisotopic (exact) mass is 417 g/mol. The van der Waals surface area contributed by atoms with Gasteiger partial charge in [-0.25, -0.2) is 13.6 Å². The number of alkyl halides is 3. The van der Waals surface area contributed by atoms with Gasteiger partial charge in [0.15, 0.2) is 0 Å². The van der Waals surface area contributed by atoms with Gasteiger partial charge in [-0.3, -0.25) is 4.79 Å². The Hall–Kier alpha value is -3.37. The topological polar surface area (TPSA) is 79.5 Å². The molecule has 0 fully saturated rings. The van der Waals surface area contributed by atoms with Gasteiger partial charge >= 0.3 is 12.2 Å². The zero-order chi connectivity index (χ0) is 21.6. The van der Waals surface area contributed by atoms with E-state index in [0.717, 1.165) is 25.1 Å². The molecule has 0 saturated carbocycles. The largest absolute Gasteiger partial charge is 0.491 e. The van der Waals surface area contributed by atoms with E-state index in [-0.39, 0.29) is 18.8 Å². The fraction of sp³-hybridized carbons (Fsp3) is 0.222. The van der Waals surface area contributed by atoms with E-state index in [0.29, 0.717) is 6.07 Å². The van der Waals surface area contributed by atoms with Crippen molar-refractivity contribution in [2.45, 2.75) is 13.1 Å². The van der Waals surface area contributed by atoms with Crippen LogP contribution in [0.15, 0.2) is 36.4 Å². The normalized spacial score (nSPS) is 11.0. The average Bonchev–Trinajstić information content (AvgIpc) is 2.62. The molecule has 0 radical (unpaired) electrons. The van der Waals surface area contributed by atoms with E-state index in [1.165, 1.54) is 12.1 Å². The number of benzene rings is 2. The third kappa shape index (κ3) is 6.33. The number of nitrogens with one attached hydrogen (secondary N) is 3. The van der Waals surface area contributed by atoms with Crippen LogP contribution in [0.3, 0.4) is 0 Å². The number of amides is 3. The van der Waals surface area contributed by atoms with Crippen LogP contribution >= 0.6 is 0 Å². The molecule has 0 aliphatic carbocycles. The van der Waals surface area contributed by atoms with Gasteiger partial charge in [-0.15, -0.1) is 0 Å². The highest BCUT2D eigenvalue weighted by atomic mass is 19.4. The number of halogens is 5. The summed E-state index contributed by atoms with van der Waals surface area (Å²) in [7, 11) is 0. The van der Waals surface area contributed by atoms with Gasteiger partial charge in [0.1, 0.15) is 24.0 Å². The molecule has 0 saturated heterocycles. The van der Waals surface area contributed by atoms with Crippen molar-refractivity contribution in [3.8, 4) is 5.75 Å². The van der Waals surface area contributed by atoms with Crippen LogP contribution in [0, 0.1) is 11.6 Å². The molecule has 29 heavy (non-hydrogen) atoms. The SMILES string of the molecule is CC(=O)Nc1cc(NC(=O)NCCOc2ccccc2C(F)(F)F)c(F)cc1F.